The monoisotopic (exact) mass is 514 g/mol. The van der Waals surface area contributed by atoms with Gasteiger partial charge in [0.2, 0.25) is 0 Å². The van der Waals surface area contributed by atoms with Crippen molar-refractivity contribution in [2.24, 2.45) is 29.1 Å². The van der Waals surface area contributed by atoms with Crippen LogP contribution < -0.4 is 0 Å². The van der Waals surface area contributed by atoms with Crippen LogP contribution in [0.5, 0.6) is 0 Å². The van der Waals surface area contributed by atoms with Gasteiger partial charge in [0.25, 0.3) is 0 Å². The zero-order chi connectivity index (χ0) is 22.9. The van der Waals surface area contributed by atoms with Crippen molar-refractivity contribution < 1.29 is 0 Å². The van der Waals surface area contributed by atoms with Crippen LogP contribution in [0.4, 0.5) is 0 Å². The fourth-order valence-corrected chi connectivity index (χ4v) is 10.6. The van der Waals surface area contributed by atoms with Gasteiger partial charge >= 0.3 is 0 Å². The quantitative estimate of drug-likeness (QED) is 0.250. The molecule has 0 heterocycles. The van der Waals surface area contributed by atoms with Gasteiger partial charge in [0.05, 0.1) is 0 Å². The molecule has 5 aliphatic rings. The number of benzene rings is 4. The summed E-state index contributed by atoms with van der Waals surface area (Å²) >= 11 is 3.80. The maximum absolute atomic E-state index is 3.80. The predicted molar refractivity (Wildman–Crippen MR) is 146 cm³/mol. The summed E-state index contributed by atoms with van der Waals surface area (Å²) in [6.07, 6.45) is 6.00. The molecule has 0 aromatic heterocycles. The van der Waals surface area contributed by atoms with E-state index in [-0.39, 0.29) is 0 Å². The SMILES string of the molecule is Brc1cc(-c2ccccc2)cc(-c2ccc3c(c2)-c2ccccc2C32C3CC4CC5CC2C53C4)c1. The molecule has 0 saturated heterocycles. The second-order valence-corrected chi connectivity index (χ2v) is 12.9. The molecule has 0 nitrogen and oxygen atoms in total. The Morgan fingerprint density at radius 3 is 2.20 bits per heavy atom. The Kier molecular flexibility index (Phi) is 3.56. The highest BCUT2D eigenvalue weighted by atomic mass is 79.9. The van der Waals surface area contributed by atoms with E-state index in [4.69, 9.17) is 0 Å². The van der Waals surface area contributed by atoms with E-state index in [1.54, 1.807) is 11.1 Å². The molecule has 170 valence electrons. The standard InChI is InChI=1S/C34H27Br/c35-26-15-23(21-6-2-1-3-7-21)14-24(16-26)22-10-11-30-28(17-22)27-8-4-5-9-29(27)34(30)31-13-20-12-25-18-32(34)33(25,31)19-20/h1-11,14-17,20,25,31-32H,12-13,18-19H2. The highest BCUT2D eigenvalue weighted by Gasteiger charge is 2.84. The van der Waals surface area contributed by atoms with E-state index in [1.807, 2.05) is 0 Å². The Morgan fingerprint density at radius 2 is 1.34 bits per heavy atom. The van der Waals surface area contributed by atoms with E-state index < -0.39 is 0 Å². The summed E-state index contributed by atoms with van der Waals surface area (Å²) in [5.74, 6) is 3.79. The first-order chi connectivity index (χ1) is 17.2. The van der Waals surface area contributed by atoms with E-state index in [1.165, 1.54) is 59.1 Å². The van der Waals surface area contributed by atoms with Crippen LogP contribution in [0.2, 0.25) is 0 Å². The maximum Gasteiger partial charge on any atom is 0.0282 e. The third-order valence-electron chi connectivity index (χ3n) is 11.0. The van der Waals surface area contributed by atoms with Gasteiger partial charge in [-0.3, -0.25) is 0 Å². The molecule has 9 rings (SSSR count). The van der Waals surface area contributed by atoms with E-state index in [2.05, 4.69) is 107 Å². The molecule has 0 N–H and O–H groups in total. The van der Waals surface area contributed by atoms with Crippen molar-refractivity contribution in [3.8, 4) is 33.4 Å². The zero-order valence-corrected chi connectivity index (χ0v) is 21.3. The lowest BCUT2D eigenvalue weighted by atomic mass is 9.27. The molecule has 0 radical (unpaired) electrons. The van der Waals surface area contributed by atoms with Crippen molar-refractivity contribution in [2.45, 2.75) is 31.1 Å². The van der Waals surface area contributed by atoms with Gasteiger partial charge in [-0.25, -0.2) is 0 Å². The van der Waals surface area contributed by atoms with Crippen molar-refractivity contribution in [1.29, 1.82) is 0 Å². The maximum atomic E-state index is 3.80. The van der Waals surface area contributed by atoms with E-state index in [9.17, 15) is 0 Å². The molecule has 0 amide bonds. The molecule has 0 aliphatic heterocycles. The smallest absolute Gasteiger partial charge is 0.0282 e. The van der Waals surface area contributed by atoms with Crippen LogP contribution in [0.3, 0.4) is 0 Å². The van der Waals surface area contributed by atoms with Crippen molar-refractivity contribution >= 4 is 15.9 Å². The Morgan fingerprint density at radius 1 is 0.600 bits per heavy atom. The van der Waals surface area contributed by atoms with Crippen LogP contribution in [0.15, 0.2) is 95.5 Å². The van der Waals surface area contributed by atoms with Gasteiger partial charge < -0.3 is 0 Å². The molecule has 5 aliphatic carbocycles. The Balaban J connectivity index is 1.22. The molecule has 4 aromatic carbocycles. The third kappa shape index (κ3) is 2.14. The van der Waals surface area contributed by atoms with Crippen LogP contribution >= 0.6 is 15.9 Å². The number of rotatable bonds is 2. The van der Waals surface area contributed by atoms with Gasteiger partial charge in [0.15, 0.2) is 0 Å². The summed E-state index contributed by atoms with van der Waals surface area (Å²) in [5, 5.41) is 0. The molecule has 4 aromatic rings. The average Bonchev–Trinajstić information content (AvgIpc) is 3.51. The summed E-state index contributed by atoms with van der Waals surface area (Å²) < 4.78 is 1.13. The van der Waals surface area contributed by atoms with Gasteiger partial charge in [-0.05, 0) is 124 Å². The summed E-state index contributed by atoms with van der Waals surface area (Å²) in [6.45, 7) is 0. The molecule has 1 heteroatoms. The van der Waals surface area contributed by atoms with Crippen LogP contribution in [-0.4, -0.2) is 0 Å². The second kappa shape index (κ2) is 6.37. The molecular formula is C34H27Br. The topological polar surface area (TPSA) is 0 Å². The first-order valence-corrected chi connectivity index (χ1v) is 14.1. The van der Waals surface area contributed by atoms with Crippen LogP contribution in [0.1, 0.15) is 36.8 Å². The molecule has 2 spiro atoms. The number of halogens is 1. The van der Waals surface area contributed by atoms with Crippen LogP contribution in [0.25, 0.3) is 33.4 Å². The first-order valence-electron chi connectivity index (χ1n) is 13.3. The molecule has 6 atom stereocenters. The van der Waals surface area contributed by atoms with Gasteiger partial charge in [-0.1, -0.05) is 82.7 Å². The highest BCUT2D eigenvalue weighted by molar-refractivity contribution is 9.10. The lowest BCUT2D eigenvalue weighted by molar-refractivity contribution is -0.231. The Hall–Kier alpha value is -2.64. The van der Waals surface area contributed by atoms with Gasteiger partial charge in [-0.15, -0.1) is 0 Å². The number of fused-ring (bicyclic) bond motifs is 8. The van der Waals surface area contributed by atoms with E-state index >= 15 is 0 Å². The van der Waals surface area contributed by atoms with Crippen molar-refractivity contribution in [2.75, 3.05) is 0 Å². The summed E-state index contributed by atoms with van der Waals surface area (Å²) in [5.41, 5.74) is 12.4. The molecule has 35 heavy (non-hydrogen) atoms. The molecule has 4 saturated carbocycles. The van der Waals surface area contributed by atoms with Crippen molar-refractivity contribution in [3.05, 3.63) is 107 Å². The van der Waals surface area contributed by atoms with Gasteiger partial charge in [0, 0.05) is 9.89 Å². The minimum atomic E-state index is 0.294. The lowest BCUT2D eigenvalue weighted by Crippen LogP contribution is -2.73. The highest BCUT2D eigenvalue weighted by Crippen LogP contribution is 2.89. The first kappa shape index (κ1) is 19.5. The van der Waals surface area contributed by atoms with Crippen molar-refractivity contribution in [1.82, 2.24) is 0 Å². The second-order valence-electron chi connectivity index (χ2n) is 12.0. The minimum Gasteiger partial charge on any atom is -0.0622 e. The fourth-order valence-electron chi connectivity index (χ4n) is 10.1. The Labute approximate surface area is 215 Å². The summed E-state index contributed by atoms with van der Waals surface area (Å²) in [4.78, 5) is 0. The normalized spacial score (nSPS) is 34.2. The molecular weight excluding hydrogens is 488 g/mol. The van der Waals surface area contributed by atoms with Crippen molar-refractivity contribution in [3.63, 3.8) is 0 Å². The summed E-state index contributed by atoms with van der Waals surface area (Å²) in [7, 11) is 0. The average molecular weight is 515 g/mol. The Bertz CT molecular complexity index is 1550. The number of hydrogen-bond acceptors (Lipinski definition) is 0. The van der Waals surface area contributed by atoms with E-state index in [0.29, 0.717) is 10.8 Å². The van der Waals surface area contributed by atoms with Gasteiger partial charge in [0.1, 0.15) is 0 Å². The predicted octanol–water partition coefficient (Wildman–Crippen LogP) is 9.12. The van der Waals surface area contributed by atoms with Crippen LogP contribution in [-0.2, 0) is 5.41 Å². The molecule has 4 fully saturated rings. The largest absolute Gasteiger partial charge is 0.0622 e. The fraction of sp³-hybridized carbons (Fsp3) is 0.294. The lowest BCUT2D eigenvalue weighted by Gasteiger charge is -2.76. The minimum absolute atomic E-state index is 0.294. The molecule has 6 unspecified atom stereocenters. The zero-order valence-electron chi connectivity index (χ0n) is 19.7. The number of hydrogen-bond donors (Lipinski definition) is 0. The summed E-state index contributed by atoms with van der Waals surface area (Å²) in [6, 6.07) is 34.4. The molecule has 2 bridgehead atoms. The van der Waals surface area contributed by atoms with Gasteiger partial charge in [-0.2, -0.15) is 0 Å². The van der Waals surface area contributed by atoms with Crippen LogP contribution in [0, 0.1) is 29.1 Å². The third-order valence-corrected chi connectivity index (χ3v) is 11.4. The van der Waals surface area contributed by atoms with E-state index in [0.717, 1.165) is 28.1 Å².